The lowest BCUT2D eigenvalue weighted by molar-refractivity contribution is -0.142. The predicted octanol–water partition coefficient (Wildman–Crippen LogP) is 5.60. The van der Waals surface area contributed by atoms with Gasteiger partial charge in [0.1, 0.15) is 0 Å². The quantitative estimate of drug-likeness (QED) is 0.290. The van der Waals surface area contributed by atoms with Crippen molar-refractivity contribution in [3.63, 3.8) is 0 Å². The molecule has 31 heavy (non-hydrogen) atoms. The lowest BCUT2D eigenvalue weighted by Gasteiger charge is -2.14. The van der Waals surface area contributed by atoms with Gasteiger partial charge in [-0.2, -0.15) is 0 Å². The third-order valence-corrected chi connectivity index (χ3v) is 5.10. The Hall–Kier alpha value is -3.31. The van der Waals surface area contributed by atoms with Crippen LogP contribution in [-0.2, 0) is 16.0 Å². The summed E-state index contributed by atoms with van der Waals surface area (Å²) >= 11 is 0. The molecule has 0 aliphatic carbocycles. The molecule has 0 fully saturated rings. The first kappa shape index (κ1) is 22.4. The molecule has 0 N–H and O–H groups in total. The van der Waals surface area contributed by atoms with Crippen LogP contribution < -0.4 is 9.47 Å². The van der Waals surface area contributed by atoms with Crippen LogP contribution in [0.3, 0.4) is 0 Å². The lowest BCUT2D eigenvalue weighted by Crippen LogP contribution is -2.08. The van der Waals surface area contributed by atoms with E-state index < -0.39 is 0 Å². The highest BCUT2D eigenvalue weighted by atomic mass is 35.5. The summed E-state index contributed by atoms with van der Waals surface area (Å²) in [5.74, 6) is 1.03. The molecule has 4 rings (SSSR count). The number of carbonyl (C=O) groups excluding carboxylic acids is 1. The van der Waals surface area contributed by atoms with E-state index in [4.69, 9.17) is 19.2 Å². The van der Waals surface area contributed by atoms with Gasteiger partial charge in [-0.05, 0) is 53.6 Å². The van der Waals surface area contributed by atoms with Gasteiger partial charge in [0.05, 0.1) is 38.5 Å². The van der Waals surface area contributed by atoms with Gasteiger partial charge in [-0.1, -0.05) is 30.3 Å². The van der Waals surface area contributed by atoms with Crippen molar-refractivity contribution in [2.75, 3.05) is 20.8 Å². The molecule has 160 valence electrons. The number of halogens is 1. The van der Waals surface area contributed by atoms with Gasteiger partial charge in [-0.3, -0.25) is 4.79 Å². The second-order valence-corrected chi connectivity index (χ2v) is 6.90. The maximum atomic E-state index is 12.3. The van der Waals surface area contributed by atoms with Crippen LogP contribution in [0.5, 0.6) is 11.5 Å². The molecule has 3 aromatic carbocycles. The standard InChI is InChI=1S/C25H23NO4.ClH/c1-4-30-24(27)15-18-13-21(17-10-12-22(28-2)23(14-17)29-3)26-20-11-9-16-7-5-6-8-19(16)25(18)20;/h5-14H,4,15H2,1-3H3;1H. The maximum absolute atomic E-state index is 12.3. The number of aromatic nitrogens is 1. The average Bonchev–Trinajstić information content (AvgIpc) is 2.78. The molecule has 4 aromatic rings. The number of rotatable bonds is 6. The Balaban J connectivity index is 0.00000272. The van der Waals surface area contributed by atoms with E-state index in [1.807, 2.05) is 49.4 Å². The molecule has 0 saturated heterocycles. The van der Waals surface area contributed by atoms with Gasteiger partial charge in [0.25, 0.3) is 0 Å². The number of pyridine rings is 1. The largest absolute Gasteiger partial charge is 0.493 e. The molecule has 1 aromatic heterocycles. The second-order valence-electron chi connectivity index (χ2n) is 6.90. The highest BCUT2D eigenvalue weighted by Crippen LogP contribution is 2.35. The summed E-state index contributed by atoms with van der Waals surface area (Å²) in [5.41, 5.74) is 3.37. The summed E-state index contributed by atoms with van der Waals surface area (Å²) in [6.07, 6.45) is 0.182. The summed E-state index contributed by atoms with van der Waals surface area (Å²) in [6.45, 7) is 2.16. The van der Waals surface area contributed by atoms with Gasteiger partial charge in [0.15, 0.2) is 11.5 Å². The van der Waals surface area contributed by atoms with Crippen LogP contribution >= 0.6 is 12.4 Å². The van der Waals surface area contributed by atoms with Gasteiger partial charge in [0, 0.05) is 10.9 Å². The molecule has 0 amide bonds. The zero-order chi connectivity index (χ0) is 21.1. The van der Waals surface area contributed by atoms with Crippen molar-refractivity contribution in [2.45, 2.75) is 13.3 Å². The minimum absolute atomic E-state index is 0. The molecule has 6 heteroatoms. The Kier molecular flexibility index (Phi) is 6.98. The predicted molar refractivity (Wildman–Crippen MR) is 125 cm³/mol. The van der Waals surface area contributed by atoms with Crippen LogP contribution in [0.4, 0.5) is 0 Å². The Morgan fingerprint density at radius 3 is 2.45 bits per heavy atom. The fourth-order valence-corrected chi connectivity index (χ4v) is 3.74. The molecule has 0 unspecified atom stereocenters. The Morgan fingerprint density at radius 2 is 1.71 bits per heavy atom. The van der Waals surface area contributed by atoms with Gasteiger partial charge >= 0.3 is 5.97 Å². The fourth-order valence-electron chi connectivity index (χ4n) is 3.74. The number of hydrogen-bond acceptors (Lipinski definition) is 5. The smallest absolute Gasteiger partial charge is 0.310 e. The van der Waals surface area contributed by atoms with Crippen LogP contribution in [0.25, 0.3) is 32.9 Å². The first-order valence-corrected chi connectivity index (χ1v) is 9.84. The molecule has 0 aliphatic rings. The molecule has 0 aliphatic heterocycles. The molecule has 0 bridgehead atoms. The summed E-state index contributed by atoms with van der Waals surface area (Å²) in [5, 5.41) is 3.15. The molecule has 0 saturated carbocycles. The first-order chi connectivity index (χ1) is 14.6. The van der Waals surface area contributed by atoms with E-state index in [0.717, 1.165) is 38.5 Å². The molecule has 5 nitrogen and oxygen atoms in total. The Labute approximate surface area is 187 Å². The van der Waals surface area contributed by atoms with Crippen molar-refractivity contribution in [1.82, 2.24) is 4.98 Å². The van der Waals surface area contributed by atoms with Crippen molar-refractivity contribution in [1.29, 1.82) is 0 Å². The number of hydrogen-bond donors (Lipinski definition) is 0. The van der Waals surface area contributed by atoms with Crippen LogP contribution in [-0.4, -0.2) is 31.8 Å². The highest BCUT2D eigenvalue weighted by molar-refractivity contribution is 6.09. The van der Waals surface area contributed by atoms with E-state index in [2.05, 4.69) is 18.2 Å². The number of esters is 1. The summed E-state index contributed by atoms with van der Waals surface area (Å²) < 4.78 is 16.0. The molecule has 0 radical (unpaired) electrons. The number of ether oxygens (including phenoxy) is 3. The summed E-state index contributed by atoms with van der Waals surface area (Å²) in [4.78, 5) is 17.2. The Bertz CT molecular complexity index is 1240. The van der Waals surface area contributed by atoms with E-state index in [1.165, 1.54) is 0 Å². The summed E-state index contributed by atoms with van der Waals surface area (Å²) in [7, 11) is 3.21. The molecule has 1 heterocycles. The van der Waals surface area contributed by atoms with E-state index in [0.29, 0.717) is 18.1 Å². The number of methoxy groups -OCH3 is 2. The summed E-state index contributed by atoms with van der Waals surface area (Å²) in [6, 6.07) is 19.8. The van der Waals surface area contributed by atoms with E-state index in [9.17, 15) is 4.79 Å². The van der Waals surface area contributed by atoms with Gasteiger partial charge in [-0.15, -0.1) is 12.4 Å². The number of carbonyl (C=O) groups is 1. The normalized spacial score (nSPS) is 10.5. The van der Waals surface area contributed by atoms with Crippen LogP contribution in [0.2, 0.25) is 0 Å². The number of nitrogens with zero attached hydrogens (tertiary/aromatic N) is 1. The zero-order valence-corrected chi connectivity index (χ0v) is 18.5. The van der Waals surface area contributed by atoms with Crippen molar-refractivity contribution in [3.8, 4) is 22.8 Å². The number of fused-ring (bicyclic) bond motifs is 3. The molecule has 0 atom stereocenters. The van der Waals surface area contributed by atoms with E-state index in [1.54, 1.807) is 14.2 Å². The van der Waals surface area contributed by atoms with Gasteiger partial charge in [0.2, 0.25) is 0 Å². The molecule has 0 spiro atoms. The van der Waals surface area contributed by atoms with Crippen molar-refractivity contribution >= 4 is 40.1 Å². The van der Waals surface area contributed by atoms with E-state index in [-0.39, 0.29) is 24.8 Å². The zero-order valence-electron chi connectivity index (χ0n) is 17.7. The van der Waals surface area contributed by atoms with Gasteiger partial charge in [-0.25, -0.2) is 4.98 Å². The maximum Gasteiger partial charge on any atom is 0.310 e. The SMILES string of the molecule is CCOC(=O)Cc1cc(-c2ccc(OC)c(OC)c2)nc2ccc3ccccc3c12.Cl. The number of benzene rings is 3. The van der Waals surface area contributed by atoms with Crippen LogP contribution in [0.1, 0.15) is 12.5 Å². The second kappa shape index (κ2) is 9.67. The van der Waals surface area contributed by atoms with Crippen molar-refractivity contribution in [2.24, 2.45) is 0 Å². The fraction of sp³-hybridized carbons (Fsp3) is 0.200. The first-order valence-electron chi connectivity index (χ1n) is 9.84. The lowest BCUT2D eigenvalue weighted by atomic mass is 9.97. The van der Waals surface area contributed by atoms with Crippen LogP contribution in [0.15, 0.2) is 60.7 Å². The molecular weight excluding hydrogens is 414 g/mol. The van der Waals surface area contributed by atoms with E-state index >= 15 is 0 Å². The molecular formula is C25H24ClNO4. The average molecular weight is 438 g/mol. The van der Waals surface area contributed by atoms with Crippen LogP contribution in [0, 0.1) is 0 Å². The highest BCUT2D eigenvalue weighted by Gasteiger charge is 2.15. The Morgan fingerprint density at radius 1 is 0.935 bits per heavy atom. The monoisotopic (exact) mass is 437 g/mol. The third-order valence-electron chi connectivity index (χ3n) is 5.10. The van der Waals surface area contributed by atoms with Crippen molar-refractivity contribution < 1.29 is 19.0 Å². The minimum atomic E-state index is -0.254. The van der Waals surface area contributed by atoms with Gasteiger partial charge < -0.3 is 14.2 Å². The third kappa shape index (κ3) is 4.42. The topological polar surface area (TPSA) is 57.7 Å². The van der Waals surface area contributed by atoms with Crippen molar-refractivity contribution in [3.05, 3.63) is 66.2 Å². The minimum Gasteiger partial charge on any atom is -0.493 e.